The lowest BCUT2D eigenvalue weighted by Gasteiger charge is -2.33. The Kier molecular flexibility index (Phi) is 5.52. The second-order valence-electron chi connectivity index (χ2n) is 6.86. The lowest BCUT2D eigenvalue weighted by atomic mass is 10.2. The molecule has 0 radical (unpaired) electrons. The molecular formula is C20H24N4O2S. The van der Waals surface area contributed by atoms with E-state index in [9.17, 15) is 0 Å². The number of methoxy groups -OCH3 is 1. The number of aromatic nitrogens is 2. The maximum Gasteiger partial charge on any atom is 0.150 e. The van der Waals surface area contributed by atoms with E-state index in [1.54, 1.807) is 18.4 Å². The lowest BCUT2D eigenvalue weighted by Crippen LogP contribution is -2.45. The summed E-state index contributed by atoms with van der Waals surface area (Å²) in [6, 6.07) is 10.1. The first-order chi connectivity index (χ1) is 13.2. The van der Waals surface area contributed by atoms with Crippen molar-refractivity contribution in [3.05, 3.63) is 52.9 Å². The van der Waals surface area contributed by atoms with Crippen LogP contribution in [0, 0.1) is 6.92 Å². The molecule has 1 aliphatic rings. The predicted octanol–water partition coefficient (Wildman–Crippen LogP) is 3.43. The Morgan fingerprint density at radius 2 is 1.89 bits per heavy atom. The van der Waals surface area contributed by atoms with Gasteiger partial charge in [-0.15, -0.1) is 11.3 Å². The number of hydrogen-bond donors (Lipinski definition) is 0. The van der Waals surface area contributed by atoms with Crippen LogP contribution in [0.2, 0.25) is 0 Å². The summed E-state index contributed by atoms with van der Waals surface area (Å²) in [5, 5.41) is 7.17. The first kappa shape index (κ1) is 18.2. The fraction of sp³-hybridized carbons (Fsp3) is 0.400. The summed E-state index contributed by atoms with van der Waals surface area (Å²) in [5.41, 5.74) is 3.19. The van der Waals surface area contributed by atoms with Gasteiger partial charge < -0.3 is 9.26 Å². The molecule has 3 aromatic rings. The summed E-state index contributed by atoms with van der Waals surface area (Å²) in [6.45, 7) is 7.84. The highest BCUT2D eigenvalue weighted by Crippen LogP contribution is 2.27. The molecule has 0 amide bonds. The molecule has 6 nitrogen and oxygen atoms in total. The van der Waals surface area contributed by atoms with Crippen LogP contribution in [0.15, 0.2) is 40.2 Å². The number of rotatable bonds is 6. The molecule has 0 N–H and O–H groups in total. The third kappa shape index (κ3) is 4.55. The molecule has 27 heavy (non-hydrogen) atoms. The molecule has 142 valence electrons. The van der Waals surface area contributed by atoms with Gasteiger partial charge >= 0.3 is 0 Å². The fourth-order valence-electron chi connectivity index (χ4n) is 3.31. The zero-order valence-corrected chi connectivity index (χ0v) is 16.5. The molecule has 1 fully saturated rings. The first-order valence-electron chi connectivity index (χ1n) is 9.15. The van der Waals surface area contributed by atoms with Gasteiger partial charge in [0.25, 0.3) is 0 Å². The van der Waals surface area contributed by atoms with E-state index >= 15 is 0 Å². The Morgan fingerprint density at radius 3 is 2.59 bits per heavy atom. The van der Waals surface area contributed by atoms with Gasteiger partial charge in [-0.3, -0.25) is 9.80 Å². The highest BCUT2D eigenvalue weighted by Gasteiger charge is 2.19. The third-order valence-corrected chi connectivity index (χ3v) is 5.72. The van der Waals surface area contributed by atoms with Gasteiger partial charge in [0.05, 0.1) is 25.0 Å². The second kappa shape index (κ2) is 8.21. The molecule has 7 heteroatoms. The minimum absolute atomic E-state index is 0.839. The van der Waals surface area contributed by atoms with Crippen LogP contribution < -0.4 is 4.74 Å². The van der Waals surface area contributed by atoms with Crippen LogP contribution in [0.5, 0.6) is 5.75 Å². The Labute approximate surface area is 163 Å². The van der Waals surface area contributed by atoms with Crippen molar-refractivity contribution in [1.82, 2.24) is 19.9 Å². The summed E-state index contributed by atoms with van der Waals surface area (Å²) in [7, 11) is 1.69. The number of hydrogen-bond acceptors (Lipinski definition) is 7. The summed E-state index contributed by atoms with van der Waals surface area (Å²) in [4.78, 5) is 9.70. The summed E-state index contributed by atoms with van der Waals surface area (Å²) in [6.07, 6.45) is 0. The van der Waals surface area contributed by atoms with E-state index in [4.69, 9.17) is 14.2 Å². The van der Waals surface area contributed by atoms with Crippen LogP contribution in [-0.2, 0) is 13.1 Å². The molecule has 0 unspecified atom stereocenters. The topological polar surface area (TPSA) is 54.6 Å². The van der Waals surface area contributed by atoms with Crippen molar-refractivity contribution in [2.24, 2.45) is 0 Å². The van der Waals surface area contributed by atoms with Crippen molar-refractivity contribution in [2.75, 3.05) is 33.3 Å². The van der Waals surface area contributed by atoms with E-state index in [0.29, 0.717) is 0 Å². The molecule has 0 saturated carbocycles. The fourth-order valence-corrected chi connectivity index (χ4v) is 4.12. The number of piperazine rings is 1. The van der Waals surface area contributed by atoms with Crippen molar-refractivity contribution in [2.45, 2.75) is 20.0 Å². The second-order valence-corrected chi connectivity index (χ2v) is 7.72. The van der Waals surface area contributed by atoms with Gasteiger partial charge in [-0.05, 0) is 19.1 Å². The molecule has 1 saturated heterocycles. The van der Waals surface area contributed by atoms with Gasteiger partial charge in [0.1, 0.15) is 10.8 Å². The number of aryl methyl sites for hydroxylation is 1. The standard InChI is InChI=1S/C20H24N4O2S/c1-15-10-19(26-22-15)13-24-8-6-23(7-9-24)12-17-14-27-20(21-17)16-4-3-5-18(11-16)25-2/h3-5,10-11,14H,6-9,12-13H2,1-2H3. The molecule has 0 aliphatic carbocycles. The normalized spacial score (nSPS) is 15.9. The van der Waals surface area contributed by atoms with Crippen LogP contribution >= 0.6 is 11.3 Å². The minimum atomic E-state index is 0.839. The highest BCUT2D eigenvalue weighted by atomic mass is 32.1. The number of thiazole rings is 1. The van der Waals surface area contributed by atoms with Gasteiger partial charge in [-0.25, -0.2) is 4.98 Å². The first-order valence-corrected chi connectivity index (χ1v) is 10.0. The van der Waals surface area contributed by atoms with Gasteiger partial charge in [0.2, 0.25) is 0 Å². The van der Waals surface area contributed by atoms with E-state index in [2.05, 4.69) is 26.4 Å². The Hall–Kier alpha value is -2.22. The molecule has 1 aliphatic heterocycles. The smallest absolute Gasteiger partial charge is 0.150 e. The van der Waals surface area contributed by atoms with Gasteiger partial charge in [-0.2, -0.15) is 0 Å². The molecule has 3 heterocycles. The summed E-state index contributed by atoms with van der Waals surface area (Å²) in [5.74, 6) is 1.81. The number of benzene rings is 1. The van der Waals surface area contributed by atoms with Crippen LogP contribution in [-0.4, -0.2) is 53.2 Å². The molecule has 0 spiro atoms. The molecule has 4 rings (SSSR count). The Bertz CT molecular complexity index is 884. The zero-order chi connectivity index (χ0) is 18.6. The zero-order valence-electron chi connectivity index (χ0n) is 15.7. The average molecular weight is 385 g/mol. The van der Waals surface area contributed by atoms with E-state index in [0.717, 1.165) is 72.7 Å². The highest BCUT2D eigenvalue weighted by molar-refractivity contribution is 7.13. The third-order valence-electron chi connectivity index (χ3n) is 4.78. The summed E-state index contributed by atoms with van der Waals surface area (Å²) >= 11 is 1.69. The van der Waals surface area contributed by atoms with Gasteiger partial charge in [0, 0.05) is 49.7 Å². The maximum atomic E-state index is 5.33. The average Bonchev–Trinajstić information content (AvgIpc) is 3.32. The van der Waals surface area contributed by atoms with Crippen LogP contribution in [0.4, 0.5) is 0 Å². The number of nitrogens with zero attached hydrogens (tertiary/aromatic N) is 4. The largest absolute Gasteiger partial charge is 0.497 e. The maximum absolute atomic E-state index is 5.33. The van der Waals surface area contributed by atoms with E-state index in [-0.39, 0.29) is 0 Å². The van der Waals surface area contributed by atoms with Crippen LogP contribution in [0.1, 0.15) is 17.1 Å². The molecule has 2 aromatic heterocycles. The Balaban J connectivity index is 1.31. The van der Waals surface area contributed by atoms with Crippen molar-refractivity contribution in [1.29, 1.82) is 0 Å². The monoisotopic (exact) mass is 384 g/mol. The Morgan fingerprint density at radius 1 is 1.11 bits per heavy atom. The van der Waals surface area contributed by atoms with Crippen molar-refractivity contribution in [3.8, 4) is 16.3 Å². The van der Waals surface area contributed by atoms with Crippen molar-refractivity contribution >= 4 is 11.3 Å². The van der Waals surface area contributed by atoms with Gasteiger partial charge in [-0.1, -0.05) is 17.3 Å². The molecular weight excluding hydrogens is 360 g/mol. The van der Waals surface area contributed by atoms with E-state index < -0.39 is 0 Å². The van der Waals surface area contributed by atoms with Crippen molar-refractivity contribution in [3.63, 3.8) is 0 Å². The molecule has 0 atom stereocenters. The van der Waals surface area contributed by atoms with Gasteiger partial charge in [0.15, 0.2) is 5.76 Å². The van der Waals surface area contributed by atoms with Crippen molar-refractivity contribution < 1.29 is 9.26 Å². The van der Waals surface area contributed by atoms with Crippen LogP contribution in [0.25, 0.3) is 10.6 Å². The van der Waals surface area contributed by atoms with Crippen LogP contribution in [0.3, 0.4) is 0 Å². The SMILES string of the molecule is COc1cccc(-c2nc(CN3CCN(Cc4cc(C)no4)CC3)cs2)c1. The summed E-state index contributed by atoms with van der Waals surface area (Å²) < 4.78 is 10.6. The minimum Gasteiger partial charge on any atom is -0.497 e. The van der Waals surface area contributed by atoms with E-state index in [1.165, 1.54) is 0 Å². The molecule has 1 aromatic carbocycles. The lowest BCUT2D eigenvalue weighted by molar-refractivity contribution is 0.113. The van der Waals surface area contributed by atoms with E-state index in [1.807, 2.05) is 31.2 Å². The predicted molar refractivity (Wildman–Crippen MR) is 106 cm³/mol. The number of ether oxygens (including phenoxy) is 1. The quantitative estimate of drug-likeness (QED) is 0.649. The molecule has 0 bridgehead atoms.